The van der Waals surface area contributed by atoms with E-state index in [4.69, 9.17) is 10.2 Å². The molecule has 2 aromatic carbocycles. The summed E-state index contributed by atoms with van der Waals surface area (Å²) in [7, 11) is 0. The molecule has 2 rings (SSSR count). The van der Waals surface area contributed by atoms with E-state index in [2.05, 4.69) is 13.2 Å². The maximum Gasteiger partial charge on any atom is 0.115 e. The van der Waals surface area contributed by atoms with Gasteiger partial charge in [-0.15, -0.1) is 13.2 Å². The summed E-state index contributed by atoms with van der Waals surface area (Å²) in [5.41, 5.74) is 0. The van der Waals surface area contributed by atoms with Crippen molar-refractivity contribution < 1.29 is 15.7 Å². The van der Waals surface area contributed by atoms with Gasteiger partial charge in [0.1, 0.15) is 11.5 Å². The van der Waals surface area contributed by atoms with E-state index in [1.807, 2.05) is 12.1 Å². The SMILES string of the molecule is C=C.O.Oc1ccccc1.Oc1ccccc1. The Morgan fingerprint density at radius 1 is 0.588 bits per heavy atom. The molecule has 17 heavy (non-hydrogen) atoms. The van der Waals surface area contributed by atoms with Crippen LogP contribution in [-0.4, -0.2) is 15.7 Å². The predicted octanol–water partition coefficient (Wildman–Crippen LogP) is 2.76. The molecule has 0 saturated heterocycles. The highest BCUT2D eigenvalue weighted by Gasteiger charge is 1.75. The van der Waals surface area contributed by atoms with E-state index in [1.165, 1.54) is 0 Å². The van der Waals surface area contributed by atoms with E-state index in [0.29, 0.717) is 11.5 Å². The van der Waals surface area contributed by atoms with Gasteiger partial charge in [0.25, 0.3) is 0 Å². The zero-order valence-corrected chi connectivity index (χ0v) is 9.58. The van der Waals surface area contributed by atoms with Gasteiger partial charge in [0.05, 0.1) is 0 Å². The fourth-order valence-electron chi connectivity index (χ4n) is 0.856. The molecule has 0 aliphatic heterocycles. The van der Waals surface area contributed by atoms with Crippen molar-refractivity contribution >= 4 is 0 Å². The van der Waals surface area contributed by atoms with E-state index >= 15 is 0 Å². The molecule has 0 aliphatic rings. The molecule has 0 amide bonds. The van der Waals surface area contributed by atoms with E-state index in [9.17, 15) is 0 Å². The van der Waals surface area contributed by atoms with Gasteiger partial charge in [-0.05, 0) is 24.3 Å². The van der Waals surface area contributed by atoms with Crippen molar-refractivity contribution in [2.45, 2.75) is 0 Å². The van der Waals surface area contributed by atoms with Gasteiger partial charge >= 0.3 is 0 Å². The summed E-state index contributed by atoms with van der Waals surface area (Å²) in [5, 5.41) is 17.3. The first-order chi connectivity index (χ1) is 7.79. The Kier molecular flexibility index (Phi) is 11.9. The zero-order valence-electron chi connectivity index (χ0n) is 9.58. The quantitative estimate of drug-likeness (QED) is 0.688. The second-order valence-electron chi connectivity index (χ2n) is 2.67. The summed E-state index contributed by atoms with van der Waals surface area (Å²) in [6, 6.07) is 17.4. The van der Waals surface area contributed by atoms with Crippen molar-refractivity contribution in [3.8, 4) is 11.5 Å². The minimum absolute atomic E-state index is 0. The summed E-state index contributed by atoms with van der Waals surface area (Å²) < 4.78 is 0. The Morgan fingerprint density at radius 2 is 0.824 bits per heavy atom. The van der Waals surface area contributed by atoms with Crippen LogP contribution in [0.15, 0.2) is 73.8 Å². The molecule has 0 aliphatic carbocycles. The smallest absolute Gasteiger partial charge is 0.115 e. The first-order valence-electron chi connectivity index (χ1n) is 4.77. The number of hydrogen-bond donors (Lipinski definition) is 2. The highest BCUT2D eigenvalue weighted by Crippen LogP contribution is 2.03. The Balaban J connectivity index is 0. The summed E-state index contributed by atoms with van der Waals surface area (Å²) in [6.45, 7) is 6.00. The van der Waals surface area contributed by atoms with Gasteiger partial charge in [-0.25, -0.2) is 0 Å². The summed E-state index contributed by atoms with van der Waals surface area (Å²) in [5.74, 6) is 0.644. The number of benzene rings is 2. The van der Waals surface area contributed by atoms with E-state index in [-0.39, 0.29) is 5.48 Å². The molecule has 3 nitrogen and oxygen atoms in total. The third-order valence-corrected chi connectivity index (χ3v) is 1.51. The van der Waals surface area contributed by atoms with Crippen molar-refractivity contribution in [3.63, 3.8) is 0 Å². The Labute approximate surface area is 102 Å². The van der Waals surface area contributed by atoms with Crippen LogP contribution in [0.25, 0.3) is 0 Å². The Morgan fingerprint density at radius 3 is 0.941 bits per heavy atom. The van der Waals surface area contributed by atoms with E-state index < -0.39 is 0 Å². The molecular formula is C14H18O3. The minimum Gasteiger partial charge on any atom is -0.508 e. The largest absolute Gasteiger partial charge is 0.508 e. The van der Waals surface area contributed by atoms with Gasteiger partial charge in [-0.2, -0.15) is 0 Å². The minimum atomic E-state index is 0. The van der Waals surface area contributed by atoms with Crippen LogP contribution in [0.4, 0.5) is 0 Å². The summed E-state index contributed by atoms with van der Waals surface area (Å²) in [4.78, 5) is 0. The molecule has 0 saturated carbocycles. The van der Waals surface area contributed by atoms with Crippen LogP contribution in [0.1, 0.15) is 0 Å². The molecule has 0 fully saturated rings. The van der Waals surface area contributed by atoms with Crippen molar-refractivity contribution in [2.75, 3.05) is 0 Å². The van der Waals surface area contributed by atoms with Gasteiger partial charge < -0.3 is 15.7 Å². The average molecular weight is 234 g/mol. The van der Waals surface area contributed by atoms with Gasteiger partial charge in [0.2, 0.25) is 0 Å². The molecule has 0 unspecified atom stereocenters. The number of rotatable bonds is 0. The van der Waals surface area contributed by atoms with Gasteiger partial charge in [0.15, 0.2) is 0 Å². The molecule has 4 N–H and O–H groups in total. The van der Waals surface area contributed by atoms with Crippen LogP contribution in [0, 0.1) is 0 Å². The number of para-hydroxylation sites is 2. The molecule has 0 radical (unpaired) electrons. The molecule has 2 aromatic rings. The predicted molar refractivity (Wildman–Crippen MR) is 71.1 cm³/mol. The molecule has 0 spiro atoms. The monoisotopic (exact) mass is 234 g/mol. The Hall–Kier alpha value is -2.26. The third-order valence-electron chi connectivity index (χ3n) is 1.51. The van der Waals surface area contributed by atoms with Crippen LogP contribution in [0.5, 0.6) is 11.5 Å². The first kappa shape index (κ1) is 17.1. The normalized spacial score (nSPS) is 7.29. The zero-order chi connectivity index (χ0) is 12.2. The van der Waals surface area contributed by atoms with Crippen molar-refractivity contribution in [2.24, 2.45) is 0 Å². The van der Waals surface area contributed by atoms with Gasteiger partial charge in [-0.3, -0.25) is 0 Å². The maximum atomic E-state index is 8.63. The average Bonchev–Trinajstić information content (AvgIpc) is 2.34. The number of phenols is 2. The molecular weight excluding hydrogens is 216 g/mol. The first-order valence-corrected chi connectivity index (χ1v) is 4.77. The lowest BCUT2D eigenvalue weighted by molar-refractivity contribution is 0.475. The summed E-state index contributed by atoms with van der Waals surface area (Å²) >= 11 is 0. The summed E-state index contributed by atoms with van der Waals surface area (Å²) in [6.07, 6.45) is 0. The topological polar surface area (TPSA) is 72.0 Å². The molecule has 0 heterocycles. The van der Waals surface area contributed by atoms with Crippen LogP contribution in [0.2, 0.25) is 0 Å². The number of phenolic OH excluding ortho intramolecular Hbond substituents is 2. The number of hydrogen-bond acceptors (Lipinski definition) is 2. The van der Waals surface area contributed by atoms with E-state index in [1.54, 1.807) is 48.5 Å². The lowest BCUT2D eigenvalue weighted by atomic mass is 10.3. The highest BCUT2D eigenvalue weighted by atomic mass is 16.3. The van der Waals surface area contributed by atoms with Crippen LogP contribution < -0.4 is 0 Å². The second-order valence-corrected chi connectivity index (χ2v) is 2.67. The van der Waals surface area contributed by atoms with Gasteiger partial charge in [-0.1, -0.05) is 36.4 Å². The van der Waals surface area contributed by atoms with Crippen LogP contribution >= 0.6 is 0 Å². The molecule has 0 atom stereocenters. The third kappa shape index (κ3) is 10.0. The van der Waals surface area contributed by atoms with Crippen molar-refractivity contribution in [1.82, 2.24) is 0 Å². The standard InChI is InChI=1S/2C6H6O.C2H4.H2O/c2*7-6-4-2-1-3-5-6;1-2;/h2*1-5,7H;1-2H2;1H2. The van der Waals surface area contributed by atoms with Crippen molar-refractivity contribution in [1.29, 1.82) is 0 Å². The number of aromatic hydroxyl groups is 2. The fraction of sp³-hybridized carbons (Fsp3) is 0. The lowest BCUT2D eigenvalue weighted by Gasteiger charge is -1.82. The molecule has 0 bridgehead atoms. The van der Waals surface area contributed by atoms with Crippen LogP contribution in [-0.2, 0) is 0 Å². The highest BCUT2D eigenvalue weighted by molar-refractivity contribution is 5.19. The van der Waals surface area contributed by atoms with Crippen molar-refractivity contribution in [3.05, 3.63) is 73.8 Å². The van der Waals surface area contributed by atoms with Gasteiger partial charge in [0, 0.05) is 0 Å². The second kappa shape index (κ2) is 11.8. The fourth-order valence-corrected chi connectivity index (χ4v) is 0.856. The molecule has 3 heteroatoms. The lowest BCUT2D eigenvalue weighted by Crippen LogP contribution is -1.56. The Bertz CT molecular complexity index is 322. The van der Waals surface area contributed by atoms with Crippen LogP contribution in [0.3, 0.4) is 0 Å². The maximum absolute atomic E-state index is 8.63. The molecule has 0 aromatic heterocycles. The van der Waals surface area contributed by atoms with E-state index in [0.717, 1.165) is 0 Å². The molecule has 92 valence electrons.